The molecule has 116 valence electrons. The van der Waals surface area contributed by atoms with Gasteiger partial charge in [-0.05, 0) is 62.1 Å². The molecule has 0 saturated heterocycles. The number of anilines is 1. The SMILES string of the molecule is CSc1cccc(NC(=O)[C@H](C)Oc2ccc(Cl)c(C)c2)c1. The van der Waals surface area contributed by atoms with Gasteiger partial charge >= 0.3 is 0 Å². The molecule has 0 aliphatic rings. The molecule has 5 heteroatoms. The summed E-state index contributed by atoms with van der Waals surface area (Å²) in [6.45, 7) is 3.62. The van der Waals surface area contributed by atoms with Gasteiger partial charge in [0.05, 0.1) is 0 Å². The summed E-state index contributed by atoms with van der Waals surface area (Å²) in [4.78, 5) is 13.3. The minimum absolute atomic E-state index is 0.189. The van der Waals surface area contributed by atoms with E-state index in [1.54, 1.807) is 30.8 Å². The van der Waals surface area contributed by atoms with Crippen molar-refractivity contribution in [3.8, 4) is 5.75 Å². The lowest BCUT2D eigenvalue weighted by Gasteiger charge is -2.15. The second-order valence-electron chi connectivity index (χ2n) is 4.89. The monoisotopic (exact) mass is 335 g/mol. The van der Waals surface area contributed by atoms with Crippen molar-refractivity contribution in [3.05, 3.63) is 53.1 Å². The molecule has 1 amide bonds. The van der Waals surface area contributed by atoms with Crippen LogP contribution in [-0.2, 0) is 4.79 Å². The second kappa shape index (κ2) is 7.56. The number of rotatable bonds is 5. The topological polar surface area (TPSA) is 38.3 Å². The molecular weight excluding hydrogens is 318 g/mol. The molecule has 2 rings (SSSR count). The minimum atomic E-state index is -0.599. The van der Waals surface area contributed by atoms with Gasteiger partial charge < -0.3 is 10.1 Å². The molecule has 22 heavy (non-hydrogen) atoms. The van der Waals surface area contributed by atoms with E-state index in [0.29, 0.717) is 10.8 Å². The summed E-state index contributed by atoms with van der Waals surface area (Å²) < 4.78 is 5.66. The molecule has 2 aromatic carbocycles. The number of carbonyl (C=O) groups is 1. The molecule has 0 aromatic heterocycles. The summed E-state index contributed by atoms with van der Waals surface area (Å²) in [5.74, 6) is 0.438. The third-order valence-electron chi connectivity index (χ3n) is 3.15. The van der Waals surface area contributed by atoms with E-state index in [0.717, 1.165) is 16.1 Å². The molecule has 0 saturated carbocycles. The average Bonchev–Trinajstić information content (AvgIpc) is 2.51. The summed E-state index contributed by atoms with van der Waals surface area (Å²) in [5.41, 5.74) is 1.68. The van der Waals surface area contributed by atoms with Gasteiger partial charge in [0.25, 0.3) is 5.91 Å². The van der Waals surface area contributed by atoms with Crippen LogP contribution in [0.15, 0.2) is 47.4 Å². The van der Waals surface area contributed by atoms with Crippen molar-refractivity contribution in [2.24, 2.45) is 0 Å². The Kier molecular flexibility index (Phi) is 5.75. The van der Waals surface area contributed by atoms with Crippen LogP contribution >= 0.6 is 23.4 Å². The van der Waals surface area contributed by atoms with Crippen molar-refractivity contribution >= 4 is 35.0 Å². The minimum Gasteiger partial charge on any atom is -0.481 e. The molecule has 0 aliphatic heterocycles. The number of amides is 1. The Morgan fingerprint density at radius 1 is 1.27 bits per heavy atom. The number of hydrogen-bond donors (Lipinski definition) is 1. The highest BCUT2D eigenvalue weighted by Gasteiger charge is 2.15. The molecule has 2 aromatic rings. The van der Waals surface area contributed by atoms with E-state index >= 15 is 0 Å². The molecule has 0 spiro atoms. The molecule has 0 fully saturated rings. The Labute approximate surface area is 140 Å². The molecule has 1 atom stereocenters. The van der Waals surface area contributed by atoms with Gasteiger partial charge in [0, 0.05) is 15.6 Å². The van der Waals surface area contributed by atoms with Crippen LogP contribution in [0.5, 0.6) is 5.75 Å². The zero-order chi connectivity index (χ0) is 16.1. The van der Waals surface area contributed by atoms with E-state index in [1.807, 2.05) is 43.5 Å². The predicted octanol–water partition coefficient (Wildman–Crippen LogP) is 4.78. The van der Waals surface area contributed by atoms with Gasteiger partial charge in [-0.2, -0.15) is 0 Å². The number of thioether (sulfide) groups is 1. The lowest BCUT2D eigenvalue weighted by molar-refractivity contribution is -0.122. The van der Waals surface area contributed by atoms with Crippen LogP contribution in [0.4, 0.5) is 5.69 Å². The molecular formula is C17H18ClNO2S. The fourth-order valence-electron chi connectivity index (χ4n) is 1.89. The lowest BCUT2D eigenvalue weighted by atomic mass is 10.2. The van der Waals surface area contributed by atoms with E-state index in [1.165, 1.54) is 0 Å². The smallest absolute Gasteiger partial charge is 0.265 e. The normalized spacial score (nSPS) is 11.8. The average molecular weight is 336 g/mol. The fraction of sp³-hybridized carbons (Fsp3) is 0.235. The number of ether oxygens (including phenoxy) is 1. The van der Waals surface area contributed by atoms with Gasteiger partial charge in [-0.1, -0.05) is 17.7 Å². The first kappa shape index (κ1) is 16.7. The van der Waals surface area contributed by atoms with Crippen LogP contribution in [0.3, 0.4) is 0 Å². The Morgan fingerprint density at radius 3 is 2.73 bits per heavy atom. The summed E-state index contributed by atoms with van der Waals surface area (Å²) in [5, 5.41) is 3.54. The molecule has 0 radical (unpaired) electrons. The highest BCUT2D eigenvalue weighted by atomic mass is 35.5. The summed E-state index contributed by atoms with van der Waals surface area (Å²) in [6.07, 6.45) is 1.40. The standard InChI is InChI=1S/C17H18ClNO2S/c1-11-9-14(7-8-16(11)18)21-12(2)17(20)19-13-5-4-6-15(10-13)22-3/h4-10,12H,1-3H3,(H,19,20)/t12-/m0/s1. The van der Waals surface area contributed by atoms with E-state index < -0.39 is 6.10 Å². The number of carbonyl (C=O) groups excluding carboxylic acids is 1. The van der Waals surface area contributed by atoms with E-state index in [4.69, 9.17) is 16.3 Å². The van der Waals surface area contributed by atoms with Gasteiger partial charge in [0.1, 0.15) is 5.75 Å². The largest absolute Gasteiger partial charge is 0.481 e. The van der Waals surface area contributed by atoms with Crippen molar-refractivity contribution in [3.63, 3.8) is 0 Å². The summed E-state index contributed by atoms with van der Waals surface area (Å²) >= 11 is 7.61. The first-order valence-electron chi connectivity index (χ1n) is 6.87. The number of benzene rings is 2. The quantitative estimate of drug-likeness (QED) is 0.799. The molecule has 3 nitrogen and oxygen atoms in total. The second-order valence-corrected chi connectivity index (χ2v) is 6.18. The van der Waals surface area contributed by atoms with Crippen LogP contribution < -0.4 is 10.1 Å². The first-order valence-corrected chi connectivity index (χ1v) is 8.47. The van der Waals surface area contributed by atoms with Crippen molar-refractivity contribution < 1.29 is 9.53 Å². The number of hydrogen-bond acceptors (Lipinski definition) is 3. The van der Waals surface area contributed by atoms with Gasteiger partial charge in [-0.25, -0.2) is 0 Å². The van der Waals surface area contributed by atoms with E-state index in [2.05, 4.69) is 5.32 Å². The molecule has 0 heterocycles. The van der Waals surface area contributed by atoms with Gasteiger partial charge in [-0.15, -0.1) is 11.8 Å². The summed E-state index contributed by atoms with van der Waals surface area (Å²) in [7, 11) is 0. The molecule has 1 N–H and O–H groups in total. The van der Waals surface area contributed by atoms with Gasteiger partial charge in [-0.3, -0.25) is 4.79 Å². The van der Waals surface area contributed by atoms with E-state index in [9.17, 15) is 4.79 Å². The Bertz CT molecular complexity index is 675. The third-order valence-corrected chi connectivity index (χ3v) is 4.30. The van der Waals surface area contributed by atoms with Gasteiger partial charge in [0.2, 0.25) is 0 Å². The maximum atomic E-state index is 12.2. The summed E-state index contributed by atoms with van der Waals surface area (Å²) in [6, 6.07) is 13.0. The Hall–Kier alpha value is -1.65. The zero-order valence-corrected chi connectivity index (χ0v) is 14.3. The lowest BCUT2D eigenvalue weighted by Crippen LogP contribution is -2.30. The maximum Gasteiger partial charge on any atom is 0.265 e. The number of halogens is 1. The maximum absolute atomic E-state index is 12.2. The predicted molar refractivity (Wildman–Crippen MR) is 93.1 cm³/mol. The van der Waals surface area contributed by atoms with Crippen molar-refractivity contribution in [2.75, 3.05) is 11.6 Å². The van der Waals surface area contributed by atoms with Crippen LogP contribution in [-0.4, -0.2) is 18.3 Å². The van der Waals surface area contributed by atoms with Gasteiger partial charge in [0.15, 0.2) is 6.10 Å². The number of aryl methyl sites for hydroxylation is 1. The first-order chi connectivity index (χ1) is 10.5. The molecule has 0 unspecified atom stereocenters. The van der Waals surface area contributed by atoms with Crippen molar-refractivity contribution in [2.45, 2.75) is 24.8 Å². The van der Waals surface area contributed by atoms with Crippen LogP contribution in [0.25, 0.3) is 0 Å². The fourth-order valence-corrected chi connectivity index (χ4v) is 2.47. The van der Waals surface area contributed by atoms with E-state index in [-0.39, 0.29) is 5.91 Å². The molecule has 0 bridgehead atoms. The van der Waals surface area contributed by atoms with Crippen molar-refractivity contribution in [1.29, 1.82) is 0 Å². The van der Waals surface area contributed by atoms with Crippen LogP contribution in [0.1, 0.15) is 12.5 Å². The van der Waals surface area contributed by atoms with Crippen molar-refractivity contribution in [1.82, 2.24) is 0 Å². The highest BCUT2D eigenvalue weighted by molar-refractivity contribution is 7.98. The van der Waals surface area contributed by atoms with Crippen LogP contribution in [0, 0.1) is 6.92 Å². The van der Waals surface area contributed by atoms with Crippen LogP contribution in [0.2, 0.25) is 5.02 Å². The highest BCUT2D eigenvalue weighted by Crippen LogP contribution is 2.22. The third kappa shape index (κ3) is 4.42. The zero-order valence-electron chi connectivity index (χ0n) is 12.7. The molecule has 0 aliphatic carbocycles. The number of nitrogens with one attached hydrogen (secondary N) is 1. The Morgan fingerprint density at radius 2 is 2.05 bits per heavy atom. The Balaban J connectivity index is 2.00.